The first kappa shape index (κ1) is 23.7. The molecular formula is C25H33N3O4. The number of nitrogens with zero attached hydrogens (tertiary/aromatic N) is 3. The molecule has 2 heterocycles. The molecule has 0 radical (unpaired) electrons. The van der Waals surface area contributed by atoms with Crippen LogP contribution in [-0.2, 0) is 9.59 Å². The second-order valence-electron chi connectivity index (χ2n) is 8.26. The lowest BCUT2D eigenvalue weighted by molar-refractivity contribution is -0.143. The molecule has 1 aromatic heterocycles. The second kappa shape index (κ2) is 11.1. The molecule has 0 aliphatic carbocycles. The molecule has 3 atom stereocenters. The SMILES string of the molecule is CCCCN(C(=O)CN1C[C@H](c2ccc(OC)cc2)[C@@H](C(=O)O)[C@@H]1CC)c1cccnc1. The maximum atomic E-state index is 13.4. The molecule has 172 valence electrons. The Labute approximate surface area is 190 Å². The summed E-state index contributed by atoms with van der Waals surface area (Å²) in [6, 6.07) is 11.1. The number of carboxylic acid groups (broad SMARTS) is 1. The number of likely N-dealkylation sites (tertiary alicyclic amines) is 1. The summed E-state index contributed by atoms with van der Waals surface area (Å²) < 4.78 is 5.24. The normalized spacial score (nSPS) is 20.8. The first-order valence-corrected chi connectivity index (χ1v) is 11.3. The molecule has 1 N–H and O–H groups in total. The van der Waals surface area contributed by atoms with Gasteiger partial charge in [-0.1, -0.05) is 32.4 Å². The van der Waals surface area contributed by atoms with E-state index in [-0.39, 0.29) is 24.4 Å². The fourth-order valence-electron chi connectivity index (χ4n) is 4.68. The first-order chi connectivity index (χ1) is 15.5. The summed E-state index contributed by atoms with van der Waals surface area (Å²) in [6.07, 6.45) is 5.93. The predicted octanol–water partition coefficient (Wildman–Crippen LogP) is 3.80. The topological polar surface area (TPSA) is 83.0 Å². The summed E-state index contributed by atoms with van der Waals surface area (Å²) in [6.45, 7) is 5.42. The molecule has 32 heavy (non-hydrogen) atoms. The summed E-state index contributed by atoms with van der Waals surface area (Å²) in [5.74, 6) is -0.852. The van der Waals surface area contributed by atoms with E-state index in [1.54, 1.807) is 24.4 Å². The summed E-state index contributed by atoms with van der Waals surface area (Å²) in [5.41, 5.74) is 1.74. The van der Waals surface area contributed by atoms with Gasteiger partial charge in [-0.05, 0) is 42.7 Å². The summed E-state index contributed by atoms with van der Waals surface area (Å²) >= 11 is 0. The van der Waals surface area contributed by atoms with Gasteiger partial charge < -0.3 is 14.7 Å². The molecular weight excluding hydrogens is 406 g/mol. The van der Waals surface area contributed by atoms with Crippen molar-refractivity contribution in [1.29, 1.82) is 0 Å². The van der Waals surface area contributed by atoms with E-state index in [2.05, 4.69) is 11.9 Å². The number of anilines is 1. The number of methoxy groups -OCH3 is 1. The van der Waals surface area contributed by atoms with E-state index in [0.717, 1.165) is 29.8 Å². The minimum Gasteiger partial charge on any atom is -0.497 e. The molecule has 2 aromatic rings. The van der Waals surface area contributed by atoms with Crippen molar-refractivity contribution in [3.05, 3.63) is 54.4 Å². The molecule has 0 unspecified atom stereocenters. The van der Waals surface area contributed by atoms with Crippen LogP contribution < -0.4 is 9.64 Å². The molecule has 1 aromatic carbocycles. The number of aromatic nitrogens is 1. The van der Waals surface area contributed by atoms with Gasteiger partial charge in [0.1, 0.15) is 5.75 Å². The number of benzene rings is 1. The predicted molar refractivity (Wildman–Crippen MR) is 124 cm³/mol. The van der Waals surface area contributed by atoms with E-state index in [1.165, 1.54) is 0 Å². The highest BCUT2D eigenvalue weighted by Crippen LogP contribution is 2.39. The number of rotatable bonds is 10. The highest BCUT2D eigenvalue weighted by Gasteiger charge is 2.46. The Morgan fingerprint density at radius 1 is 1.22 bits per heavy atom. The van der Waals surface area contributed by atoms with Gasteiger partial charge in [0.15, 0.2) is 0 Å². The molecule has 1 saturated heterocycles. The van der Waals surface area contributed by atoms with Crippen molar-refractivity contribution in [3.8, 4) is 5.75 Å². The van der Waals surface area contributed by atoms with Gasteiger partial charge in [-0.25, -0.2) is 0 Å². The van der Waals surface area contributed by atoms with E-state index in [4.69, 9.17) is 4.74 Å². The lowest BCUT2D eigenvalue weighted by Crippen LogP contribution is -2.44. The number of carboxylic acids is 1. The van der Waals surface area contributed by atoms with Gasteiger partial charge in [0.2, 0.25) is 5.91 Å². The number of amides is 1. The summed E-state index contributed by atoms with van der Waals surface area (Å²) in [7, 11) is 1.61. The van der Waals surface area contributed by atoms with Crippen molar-refractivity contribution < 1.29 is 19.4 Å². The number of ether oxygens (including phenoxy) is 1. The number of hydrogen-bond donors (Lipinski definition) is 1. The third-order valence-corrected chi connectivity index (χ3v) is 6.33. The van der Waals surface area contributed by atoms with Gasteiger partial charge in [0.05, 0.1) is 31.5 Å². The summed E-state index contributed by atoms with van der Waals surface area (Å²) in [5, 5.41) is 10.0. The molecule has 3 rings (SSSR count). The first-order valence-electron chi connectivity index (χ1n) is 11.3. The molecule has 1 aliphatic rings. The lowest BCUT2D eigenvalue weighted by Gasteiger charge is -2.29. The van der Waals surface area contributed by atoms with Crippen molar-refractivity contribution in [2.24, 2.45) is 5.92 Å². The van der Waals surface area contributed by atoms with E-state index >= 15 is 0 Å². The summed E-state index contributed by atoms with van der Waals surface area (Å²) in [4.78, 5) is 33.6. The van der Waals surface area contributed by atoms with Crippen molar-refractivity contribution in [2.75, 3.05) is 31.6 Å². The van der Waals surface area contributed by atoms with Crippen LogP contribution in [0.4, 0.5) is 5.69 Å². The number of unbranched alkanes of at least 4 members (excludes halogenated alkanes) is 1. The van der Waals surface area contributed by atoms with Crippen LogP contribution in [0, 0.1) is 5.92 Å². The smallest absolute Gasteiger partial charge is 0.308 e. The Balaban J connectivity index is 1.83. The van der Waals surface area contributed by atoms with Crippen molar-refractivity contribution in [1.82, 2.24) is 9.88 Å². The van der Waals surface area contributed by atoms with Crippen LogP contribution >= 0.6 is 0 Å². The highest BCUT2D eigenvalue weighted by atomic mass is 16.5. The third kappa shape index (κ3) is 5.27. The molecule has 0 saturated carbocycles. The van der Waals surface area contributed by atoms with Crippen molar-refractivity contribution in [3.63, 3.8) is 0 Å². The molecule has 1 fully saturated rings. The Hall–Kier alpha value is -2.93. The molecule has 1 aliphatic heterocycles. The second-order valence-corrected chi connectivity index (χ2v) is 8.26. The molecule has 1 amide bonds. The molecule has 7 heteroatoms. The Morgan fingerprint density at radius 2 is 1.97 bits per heavy atom. The quantitative estimate of drug-likeness (QED) is 0.606. The standard InChI is InChI=1S/C25H33N3O4/c1-4-6-14-28(19-8-7-13-26-15-19)23(29)17-27-16-21(24(25(30)31)22(27)5-2)18-9-11-20(32-3)12-10-18/h7-13,15,21-22,24H,4-6,14,16-17H2,1-3H3,(H,30,31)/t21-,22+,24-/m1/s1. The average Bonchev–Trinajstić information content (AvgIpc) is 3.18. The van der Waals surface area contributed by atoms with Crippen LogP contribution in [0.3, 0.4) is 0 Å². The maximum Gasteiger partial charge on any atom is 0.308 e. The largest absolute Gasteiger partial charge is 0.497 e. The zero-order valence-electron chi connectivity index (χ0n) is 19.1. The fourth-order valence-corrected chi connectivity index (χ4v) is 4.68. The number of aliphatic carboxylic acids is 1. The zero-order valence-corrected chi connectivity index (χ0v) is 19.1. The van der Waals surface area contributed by atoms with Crippen LogP contribution in [0.2, 0.25) is 0 Å². The van der Waals surface area contributed by atoms with E-state index in [0.29, 0.717) is 19.5 Å². The number of carbonyl (C=O) groups is 2. The van der Waals surface area contributed by atoms with Gasteiger partial charge in [-0.2, -0.15) is 0 Å². The third-order valence-electron chi connectivity index (χ3n) is 6.33. The molecule has 0 bridgehead atoms. The minimum atomic E-state index is -0.817. The highest BCUT2D eigenvalue weighted by molar-refractivity contribution is 5.94. The Morgan fingerprint density at radius 3 is 2.53 bits per heavy atom. The number of carbonyl (C=O) groups excluding carboxylic acids is 1. The van der Waals surface area contributed by atoms with Crippen molar-refractivity contribution >= 4 is 17.6 Å². The Bertz CT molecular complexity index is 888. The zero-order chi connectivity index (χ0) is 23.1. The van der Waals surface area contributed by atoms with E-state index in [1.807, 2.05) is 48.2 Å². The minimum absolute atomic E-state index is 0.0237. The average molecular weight is 440 g/mol. The maximum absolute atomic E-state index is 13.4. The monoisotopic (exact) mass is 439 g/mol. The van der Waals surface area contributed by atoms with Crippen molar-refractivity contribution in [2.45, 2.75) is 45.1 Å². The van der Waals surface area contributed by atoms with Gasteiger partial charge in [-0.15, -0.1) is 0 Å². The van der Waals surface area contributed by atoms with E-state index in [9.17, 15) is 14.7 Å². The fraction of sp³-hybridized carbons (Fsp3) is 0.480. The number of pyridine rings is 1. The van der Waals surface area contributed by atoms with Gasteiger partial charge in [0, 0.05) is 31.2 Å². The molecule has 7 nitrogen and oxygen atoms in total. The molecule has 0 spiro atoms. The van der Waals surface area contributed by atoms with Gasteiger partial charge >= 0.3 is 5.97 Å². The van der Waals surface area contributed by atoms with Crippen LogP contribution in [0.5, 0.6) is 5.75 Å². The van der Waals surface area contributed by atoms with Crippen LogP contribution in [0.15, 0.2) is 48.8 Å². The Kier molecular flexibility index (Phi) is 8.22. The number of hydrogen-bond acceptors (Lipinski definition) is 5. The van der Waals surface area contributed by atoms with Crippen LogP contribution in [0.1, 0.15) is 44.6 Å². The van der Waals surface area contributed by atoms with Gasteiger partial charge in [-0.3, -0.25) is 19.5 Å². The lowest BCUT2D eigenvalue weighted by atomic mass is 9.84. The van der Waals surface area contributed by atoms with Gasteiger partial charge in [0.25, 0.3) is 0 Å². The van der Waals surface area contributed by atoms with Crippen LogP contribution in [-0.4, -0.2) is 59.7 Å². The van der Waals surface area contributed by atoms with E-state index < -0.39 is 11.9 Å². The van der Waals surface area contributed by atoms with Crippen LogP contribution in [0.25, 0.3) is 0 Å².